The van der Waals surface area contributed by atoms with E-state index in [0.29, 0.717) is 0 Å². The molecule has 1 N–H and O–H groups in total. The molecule has 1 fully saturated rings. The molecule has 1 aromatic heterocycles. The molecule has 0 bridgehead atoms. The van der Waals surface area contributed by atoms with Crippen LogP contribution in [0.25, 0.3) is 0 Å². The summed E-state index contributed by atoms with van der Waals surface area (Å²) < 4.78 is 12.2. The highest BCUT2D eigenvalue weighted by atomic mass is 16.6. The number of rotatable bonds is 0. The molecule has 0 unspecified atom stereocenters. The van der Waals surface area contributed by atoms with Crippen molar-refractivity contribution in [2.75, 3.05) is 6.61 Å². The molecular weight excluding hydrogens is 188 g/mol. The number of hydrogen-bond donors (Lipinski definition) is 1. The third-order valence-electron chi connectivity index (χ3n) is 2.42. The van der Waals surface area contributed by atoms with Crippen molar-refractivity contribution in [3.8, 4) is 6.01 Å². The molecule has 2 aliphatic rings. The zero-order valence-corrected chi connectivity index (χ0v) is 7.16. The van der Waals surface area contributed by atoms with E-state index in [9.17, 15) is 9.90 Å². The van der Waals surface area contributed by atoms with Gasteiger partial charge in [0, 0.05) is 12.3 Å². The van der Waals surface area contributed by atoms with E-state index < -0.39 is 12.2 Å². The zero-order valence-electron chi connectivity index (χ0n) is 7.16. The average molecular weight is 196 g/mol. The predicted octanol–water partition coefficient (Wildman–Crippen LogP) is -1.11. The lowest BCUT2D eigenvalue weighted by Crippen LogP contribution is -2.28. The van der Waals surface area contributed by atoms with Gasteiger partial charge in [-0.3, -0.25) is 9.36 Å². The van der Waals surface area contributed by atoms with E-state index >= 15 is 0 Å². The fraction of sp³-hybridized carbons (Fsp3) is 0.500. The number of aliphatic hydroxyl groups excluding tert-OH is 1. The van der Waals surface area contributed by atoms with Gasteiger partial charge in [-0.25, -0.2) is 0 Å². The van der Waals surface area contributed by atoms with Crippen LogP contribution in [-0.2, 0) is 4.74 Å². The fourth-order valence-corrected chi connectivity index (χ4v) is 1.75. The molecule has 3 heterocycles. The second-order valence-corrected chi connectivity index (χ2v) is 3.33. The summed E-state index contributed by atoms with van der Waals surface area (Å²) >= 11 is 0. The van der Waals surface area contributed by atoms with Gasteiger partial charge in [0.1, 0.15) is 6.10 Å². The maximum atomic E-state index is 10.9. The number of nitrogens with zero attached hydrogens (tertiary/aromatic N) is 2. The summed E-state index contributed by atoms with van der Waals surface area (Å²) in [5, 5.41) is 9.47. The monoisotopic (exact) mass is 196 g/mol. The summed E-state index contributed by atoms with van der Waals surface area (Å²) in [6.45, 7) is 0.251. The Kier molecular flexibility index (Phi) is 1.45. The van der Waals surface area contributed by atoms with E-state index in [2.05, 4.69) is 4.98 Å². The number of hydrogen-bond acceptors (Lipinski definition) is 5. The lowest BCUT2D eigenvalue weighted by atomic mass is 10.2. The van der Waals surface area contributed by atoms with Crippen LogP contribution in [0.15, 0.2) is 17.1 Å². The van der Waals surface area contributed by atoms with Crippen LogP contribution in [0, 0.1) is 0 Å². The largest absolute Gasteiger partial charge is 0.453 e. The predicted molar refractivity (Wildman–Crippen MR) is 43.9 cm³/mol. The van der Waals surface area contributed by atoms with Crippen molar-refractivity contribution in [2.45, 2.75) is 18.4 Å². The van der Waals surface area contributed by atoms with Crippen LogP contribution in [-0.4, -0.2) is 33.5 Å². The zero-order chi connectivity index (χ0) is 9.71. The molecule has 14 heavy (non-hydrogen) atoms. The molecule has 3 atom stereocenters. The van der Waals surface area contributed by atoms with Crippen molar-refractivity contribution in [3.63, 3.8) is 0 Å². The van der Waals surface area contributed by atoms with Gasteiger partial charge in [0.05, 0.1) is 6.61 Å². The van der Waals surface area contributed by atoms with E-state index in [1.54, 1.807) is 10.8 Å². The molecule has 1 saturated heterocycles. The lowest BCUT2D eigenvalue weighted by Gasteiger charge is -2.08. The number of fused-ring (bicyclic) bond motifs is 3. The van der Waals surface area contributed by atoms with Crippen molar-refractivity contribution in [3.05, 3.63) is 22.6 Å². The lowest BCUT2D eigenvalue weighted by molar-refractivity contribution is 0.0394. The highest BCUT2D eigenvalue weighted by Crippen LogP contribution is 2.35. The highest BCUT2D eigenvalue weighted by Gasteiger charge is 2.45. The molecule has 0 saturated carbocycles. The Balaban J connectivity index is 2.08. The van der Waals surface area contributed by atoms with Gasteiger partial charge in [-0.2, -0.15) is 4.98 Å². The van der Waals surface area contributed by atoms with Crippen molar-refractivity contribution in [1.29, 1.82) is 0 Å². The van der Waals surface area contributed by atoms with Gasteiger partial charge in [-0.15, -0.1) is 0 Å². The summed E-state index contributed by atoms with van der Waals surface area (Å²) in [7, 11) is 0. The second kappa shape index (κ2) is 2.55. The number of aliphatic hydroxyl groups is 1. The third-order valence-corrected chi connectivity index (χ3v) is 2.42. The van der Waals surface area contributed by atoms with E-state index in [1.165, 1.54) is 6.07 Å². The van der Waals surface area contributed by atoms with Crippen LogP contribution in [0.1, 0.15) is 6.23 Å². The minimum Gasteiger partial charge on any atom is -0.453 e. The number of aromatic nitrogens is 2. The third kappa shape index (κ3) is 0.919. The molecule has 0 amide bonds. The molecule has 2 aliphatic heterocycles. The Bertz CT molecular complexity index is 430. The van der Waals surface area contributed by atoms with Crippen molar-refractivity contribution < 1.29 is 14.6 Å². The normalized spacial score (nSPS) is 33.6. The molecule has 0 aromatic carbocycles. The molecule has 0 spiro atoms. The minimum atomic E-state index is -0.656. The quantitative estimate of drug-likeness (QED) is 0.569. The molecular formula is C8H8N2O4. The molecule has 6 nitrogen and oxygen atoms in total. The van der Waals surface area contributed by atoms with E-state index in [4.69, 9.17) is 9.47 Å². The minimum absolute atomic E-state index is 0.214. The van der Waals surface area contributed by atoms with Gasteiger partial charge < -0.3 is 14.6 Å². The topological polar surface area (TPSA) is 73.6 Å². The van der Waals surface area contributed by atoms with Crippen LogP contribution >= 0.6 is 0 Å². The first kappa shape index (κ1) is 7.95. The molecule has 0 radical (unpaired) electrons. The fourth-order valence-electron chi connectivity index (χ4n) is 1.75. The van der Waals surface area contributed by atoms with E-state index in [-0.39, 0.29) is 24.4 Å². The Morgan fingerprint density at radius 2 is 2.50 bits per heavy atom. The van der Waals surface area contributed by atoms with Crippen molar-refractivity contribution >= 4 is 0 Å². The highest BCUT2D eigenvalue weighted by molar-refractivity contribution is 5.09. The van der Waals surface area contributed by atoms with Crippen LogP contribution in [0.4, 0.5) is 0 Å². The van der Waals surface area contributed by atoms with Crippen LogP contribution in [0.5, 0.6) is 6.01 Å². The van der Waals surface area contributed by atoms with E-state index in [0.717, 1.165) is 0 Å². The van der Waals surface area contributed by atoms with Gasteiger partial charge in [0.15, 0.2) is 12.3 Å². The summed E-state index contributed by atoms with van der Waals surface area (Å²) in [6.07, 6.45) is 0.113. The maximum Gasteiger partial charge on any atom is 0.302 e. The molecule has 74 valence electrons. The van der Waals surface area contributed by atoms with Gasteiger partial charge in [-0.1, -0.05) is 0 Å². The standard InChI is InChI=1S/C8H8N2O4/c11-4-3-13-7-6(4)14-8-9-5(12)1-2-10(7)8/h1-2,4,6-7,11H,3H2/t4-,6-,7-/m1/s1. The first-order valence-electron chi connectivity index (χ1n) is 4.31. The SMILES string of the molecule is O=c1ccn2c(n1)O[C@@H]1[C@H](O)CO[C@H]12. The summed E-state index contributed by atoms with van der Waals surface area (Å²) in [5.41, 5.74) is -0.356. The second-order valence-electron chi connectivity index (χ2n) is 3.33. The Morgan fingerprint density at radius 3 is 3.36 bits per heavy atom. The smallest absolute Gasteiger partial charge is 0.302 e. The van der Waals surface area contributed by atoms with Crippen LogP contribution in [0.3, 0.4) is 0 Å². The van der Waals surface area contributed by atoms with Crippen molar-refractivity contribution in [1.82, 2.24) is 9.55 Å². The molecule has 1 aromatic rings. The van der Waals surface area contributed by atoms with Crippen molar-refractivity contribution in [2.24, 2.45) is 0 Å². The summed E-state index contributed by atoms with van der Waals surface area (Å²) in [6, 6.07) is 1.55. The van der Waals surface area contributed by atoms with Crippen LogP contribution in [0.2, 0.25) is 0 Å². The van der Waals surface area contributed by atoms with Gasteiger partial charge in [0.25, 0.3) is 5.56 Å². The van der Waals surface area contributed by atoms with Gasteiger partial charge >= 0.3 is 6.01 Å². The van der Waals surface area contributed by atoms with Gasteiger partial charge in [0.2, 0.25) is 0 Å². The van der Waals surface area contributed by atoms with Gasteiger partial charge in [-0.05, 0) is 0 Å². The Morgan fingerprint density at radius 1 is 1.64 bits per heavy atom. The maximum absolute atomic E-state index is 10.9. The Hall–Kier alpha value is -1.40. The van der Waals surface area contributed by atoms with Crippen LogP contribution < -0.4 is 10.3 Å². The number of ether oxygens (including phenoxy) is 2. The first-order valence-corrected chi connectivity index (χ1v) is 4.31. The average Bonchev–Trinajstić information content (AvgIpc) is 2.66. The Labute approximate surface area is 78.7 Å². The molecule has 0 aliphatic carbocycles. The summed E-state index contributed by atoms with van der Waals surface area (Å²) in [5.74, 6) is 0. The summed E-state index contributed by atoms with van der Waals surface area (Å²) in [4.78, 5) is 14.6. The molecule has 6 heteroatoms. The van der Waals surface area contributed by atoms with E-state index in [1.807, 2.05) is 0 Å². The first-order chi connectivity index (χ1) is 6.75. The molecule has 3 rings (SSSR count).